The van der Waals surface area contributed by atoms with Crippen molar-refractivity contribution in [3.05, 3.63) is 0 Å². The molecular formula is C11H21NO3. The highest BCUT2D eigenvalue weighted by molar-refractivity contribution is 5.87. The highest BCUT2D eigenvalue weighted by atomic mass is 16.5. The van der Waals surface area contributed by atoms with Gasteiger partial charge in [-0.15, -0.1) is 0 Å². The van der Waals surface area contributed by atoms with Crippen molar-refractivity contribution in [2.45, 2.75) is 46.6 Å². The first-order valence-electron chi connectivity index (χ1n) is 5.36. The molecule has 0 aromatic rings. The summed E-state index contributed by atoms with van der Waals surface area (Å²) in [4.78, 5) is 22.9. The van der Waals surface area contributed by atoms with E-state index in [0.717, 1.165) is 0 Å². The second-order valence-electron chi connectivity index (χ2n) is 3.88. The van der Waals surface area contributed by atoms with Gasteiger partial charge in [0.25, 0.3) is 0 Å². The van der Waals surface area contributed by atoms with Gasteiger partial charge in [-0.1, -0.05) is 20.8 Å². The third-order valence-electron chi connectivity index (χ3n) is 2.58. The molecule has 0 saturated carbocycles. The van der Waals surface area contributed by atoms with Crippen LogP contribution in [0.5, 0.6) is 0 Å². The molecule has 0 bridgehead atoms. The molecule has 1 amide bonds. The molecule has 0 spiro atoms. The largest absolute Gasteiger partial charge is 0.464 e. The fraction of sp³-hybridized carbons (Fsp3) is 0.818. The monoisotopic (exact) mass is 215 g/mol. The van der Waals surface area contributed by atoms with E-state index in [0.29, 0.717) is 13.0 Å². The van der Waals surface area contributed by atoms with Gasteiger partial charge in [0.2, 0.25) is 5.91 Å². The van der Waals surface area contributed by atoms with E-state index in [1.165, 1.54) is 6.92 Å². The normalized spacial score (nSPS) is 14.5. The first-order valence-corrected chi connectivity index (χ1v) is 5.36. The van der Waals surface area contributed by atoms with E-state index in [9.17, 15) is 9.59 Å². The van der Waals surface area contributed by atoms with Crippen LogP contribution >= 0.6 is 0 Å². The van der Waals surface area contributed by atoms with Crippen LogP contribution in [0.4, 0.5) is 0 Å². The maximum Gasteiger partial charge on any atom is 0.332 e. The zero-order chi connectivity index (χ0) is 12.1. The van der Waals surface area contributed by atoms with E-state index in [1.54, 1.807) is 6.92 Å². The minimum Gasteiger partial charge on any atom is -0.464 e. The third-order valence-corrected chi connectivity index (χ3v) is 2.58. The van der Waals surface area contributed by atoms with Crippen LogP contribution in [0.25, 0.3) is 0 Å². The number of esters is 1. The Bertz CT molecular complexity index is 238. The molecule has 0 fully saturated rings. The number of carbonyl (C=O) groups is 2. The number of carbonyl (C=O) groups excluding carboxylic acids is 2. The molecule has 1 atom stereocenters. The lowest BCUT2D eigenvalue weighted by molar-refractivity contribution is -0.155. The third kappa shape index (κ3) is 3.22. The maximum absolute atomic E-state index is 11.8. The molecule has 0 saturated heterocycles. The Morgan fingerprint density at radius 3 is 2.13 bits per heavy atom. The van der Waals surface area contributed by atoms with Crippen molar-refractivity contribution in [3.63, 3.8) is 0 Å². The lowest BCUT2D eigenvalue weighted by atomic mass is 9.83. The van der Waals surface area contributed by atoms with Crippen LogP contribution in [0.2, 0.25) is 0 Å². The number of nitrogens with one attached hydrogen (secondary N) is 1. The Balaban J connectivity index is 4.96. The lowest BCUT2D eigenvalue weighted by Crippen LogP contribution is -2.58. The van der Waals surface area contributed by atoms with Crippen LogP contribution in [-0.2, 0) is 14.3 Å². The van der Waals surface area contributed by atoms with Crippen molar-refractivity contribution in [2.24, 2.45) is 5.92 Å². The predicted octanol–water partition coefficient (Wildman–Crippen LogP) is 1.49. The standard InChI is InChI=1S/C11H21NO3/c1-6-11(8(3)4,12-9(5)13)10(14)15-7-2/h8H,6-7H2,1-5H3,(H,12,13)/t11-/m1/s1. The number of ether oxygens (including phenoxy) is 1. The van der Waals surface area contributed by atoms with Crippen molar-refractivity contribution in [2.75, 3.05) is 6.61 Å². The van der Waals surface area contributed by atoms with Gasteiger partial charge in [0.1, 0.15) is 5.54 Å². The molecule has 88 valence electrons. The summed E-state index contributed by atoms with van der Waals surface area (Å²) in [5.74, 6) is -0.554. The van der Waals surface area contributed by atoms with Crippen LogP contribution in [0.15, 0.2) is 0 Å². The summed E-state index contributed by atoms with van der Waals surface area (Å²) < 4.78 is 5.01. The highest BCUT2D eigenvalue weighted by Crippen LogP contribution is 2.23. The molecule has 1 N–H and O–H groups in total. The molecule has 0 aromatic carbocycles. The first-order chi connectivity index (χ1) is 6.90. The SMILES string of the molecule is CCOC(=O)[C@](CC)(NC(C)=O)C(C)C. The fourth-order valence-corrected chi connectivity index (χ4v) is 1.65. The quantitative estimate of drug-likeness (QED) is 0.707. The van der Waals surface area contributed by atoms with E-state index >= 15 is 0 Å². The van der Waals surface area contributed by atoms with Crippen molar-refractivity contribution in [1.29, 1.82) is 0 Å². The van der Waals surface area contributed by atoms with Crippen LogP contribution < -0.4 is 5.32 Å². The van der Waals surface area contributed by atoms with Crippen molar-refractivity contribution >= 4 is 11.9 Å². The highest BCUT2D eigenvalue weighted by Gasteiger charge is 2.42. The second kappa shape index (κ2) is 5.73. The molecule has 0 aliphatic rings. The van der Waals surface area contributed by atoms with Gasteiger partial charge in [0.05, 0.1) is 6.61 Å². The summed E-state index contributed by atoms with van der Waals surface area (Å²) in [5, 5.41) is 2.71. The molecule has 0 aliphatic heterocycles. The summed E-state index contributed by atoms with van der Waals surface area (Å²) in [5.41, 5.74) is -0.887. The van der Waals surface area contributed by atoms with Crippen LogP contribution in [0.1, 0.15) is 41.0 Å². The Hall–Kier alpha value is -1.06. The van der Waals surface area contributed by atoms with Gasteiger partial charge in [-0.25, -0.2) is 4.79 Å². The first kappa shape index (κ1) is 13.9. The summed E-state index contributed by atoms with van der Waals surface area (Å²) in [6.45, 7) is 9.16. The topological polar surface area (TPSA) is 55.4 Å². The molecule has 0 rings (SSSR count). The van der Waals surface area contributed by atoms with Gasteiger partial charge >= 0.3 is 5.97 Å². The molecule has 0 unspecified atom stereocenters. The Morgan fingerprint density at radius 1 is 1.33 bits per heavy atom. The Morgan fingerprint density at radius 2 is 1.87 bits per heavy atom. The average Bonchev–Trinajstić information content (AvgIpc) is 2.13. The average molecular weight is 215 g/mol. The van der Waals surface area contributed by atoms with E-state index in [4.69, 9.17) is 4.74 Å². The van der Waals surface area contributed by atoms with Gasteiger partial charge in [-0.2, -0.15) is 0 Å². The Kier molecular flexibility index (Phi) is 5.33. The summed E-state index contributed by atoms with van der Waals surface area (Å²) in [6, 6.07) is 0. The minimum absolute atomic E-state index is 0.00505. The van der Waals surface area contributed by atoms with Crippen LogP contribution in [0.3, 0.4) is 0 Å². The van der Waals surface area contributed by atoms with Gasteiger partial charge in [-0.3, -0.25) is 4.79 Å². The molecular weight excluding hydrogens is 194 g/mol. The van der Waals surface area contributed by atoms with Crippen molar-refractivity contribution in [1.82, 2.24) is 5.32 Å². The number of hydrogen-bond donors (Lipinski definition) is 1. The van der Waals surface area contributed by atoms with Crippen LogP contribution in [-0.4, -0.2) is 24.0 Å². The van der Waals surface area contributed by atoms with Crippen LogP contribution in [0, 0.1) is 5.92 Å². The number of rotatable bonds is 5. The second-order valence-corrected chi connectivity index (χ2v) is 3.88. The smallest absolute Gasteiger partial charge is 0.332 e. The zero-order valence-corrected chi connectivity index (χ0v) is 10.2. The minimum atomic E-state index is -0.887. The van der Waals surface area contributed by atoms with Gasteiger partial charge in [-0.05, 0) is 19.3 Å². The van der Waals surface area contributed by atoms with Gasteiger partial charge in [0.15, 0.2) is 0 Å². The fourth-order valence-electron chi connectivity index (χ4n) is 1.65. The van der Waals surface area contributed by atoms with E-state index < -0.39 is 5.54 Å². The molecule has 0 aliphatic carbocycles. The lowest BCUT2D eigenvalue weighted by Gasteiger charge is -2.34. The van der Waals surface area contributed by atoms with Gasteiger partial charge < -0.3 is 10.1 Å². The van der Waals surface area contributed by atoms with E-state index in [1.807, 2.05) is 20.8 Å². The van der Waals surface area contributed by atoms with Gasteiger partial charge in [0, 0.05) is 6.92 Å². The molecule has 0 heterocycles. The molecule has 15 heavy (non-hydrogen) atoms. The summed E-state index contributed by atoms with van der Waals surface area (Å²) in [7, 11) is 0. The summed E-state index contributed by atoms with van der Waals surface area (Å²) >= 11 is 0. The molecule has 0 aromatic heterocycles. The van der Waals surface area contributed by atoms with E-state index in [-0.39, 0.29) is 17.8 Å². The predicted molar refractivity (Wildman–Crippen MR) is 58.3 cm³/mol. The summed E-state index contributed by atoms with van der Waals surface area (Å²) in [6.07, 6.45) is 0.531. The molecule has 0 radical (unpaired) electrons. The van der Waals surface area contributed by atoms with Crippen molar-refractivity contribution < 1.29 is 14.3 Å². The van der Waals surface area contributed by atoms with Crippen molar-refractivity contribution in [3.8, 4) is 0 Å². The number of hydrogen-bond acceptors (Lipinski definition) is 3. The Labute approximate surface area is 91.4 Å². The zero-order valence-electron chi connectivity index (χ0n) is 10.2. The maximum atomic E-state index is 11.8. The van der Waals surface area contributed by atoms with E-state index in [2.05, 4.69) is 5.32 Å². The molecule has 4 nitrogen and oxygen atoms in total. The molecule has 4 heteroatoms. The number of amides is 1.